The number of carbonyl (C=O) groups is 1. The molecule has 17 heavy (non-hydrogen) atoms. The molecule has 0 bridgehead atoms. The van der Waals surface area contributed by atoms with Gasteiger partial charge in [0, 0.05) is 5.02 Å². The highest BCUT2D eigenvalue weighted by Gasteiger charge is 2.21. The molecule has 0 amide bonds. The van der Waals surface area contributed by atoms with Gasteiger partial charge in [-0.1, -0.05) is 11.6 Å². The molecule has 0 saturated carbocycles. The normalized spacial score (nSPS) is 10.8. The minimum Gasteiger partial charge on any atom is -0.462 e. The zero-order valence-corrected chi connectivity index (χ0v) is 9.77. The maximum atomic E-state index is 13.8. The first-order valence-electron chi connectivity index (χ1n) is 4.98. The number of hydrogen-bond donors (Lipinski definition) is 2. The van der Waals surface area contributed by atoms with Crippen LogP contribution < -0.4 is 5.73 Å². The maximum absolute atomic E-state index is 13.8. The summed E-state index contributed by atoms with van der Waals surface area (Å²) in [4.78, 5) is 14.4. The molecule has 0 radical (unpaired) electrons. The highest BCUT2D eigenvalue weighted by Crippen LogP contribution is 2.30. The van der Waals surface area contributed by atoms with Crippen LogP contribution in [0.15, 0.2) is 12.1 Å². The number of fused-ring (bicyclic) bond motifs is 1. The van der Waals surface area contributed by atoms with Crippen molar-refractivity contribution in [3.05, 3.63) is 28.5 Å². The molecule has 0 unspecified atom stereocenters. The van der Waals surface area contributed by atoms with E-state index in [0.717, 1.165) is 6.07 Å². The number of hydrogen-bond acceptors (Lipinski definition) is 3. The Hall–Kier alpha value is -1.75. The summed E-state index contributed by atoms with van der Waals surface area (Å²) in [6.45, 7) is 1.86. The summed E-state index contributed by atoms with van der Waals surface area (Å²) in [5, 5.41) is 0.331. The second-order valence-electron chi connectivity index (χ2n) is 3.44. The fourth-order valence-corrected chi connectivity index (χ4v) is 1.89. The van der Waals surface area contributed by atoms with E-state index in [0.29, 0.717) is 5.52 Å². The summed E-state index contributed by atoms with van der Waals surface area (Å²) >= 11 is 5.71. The van der Waals surface area contributed by atoms with Gasteiger partial charge in [-0.15, -0.1) is 0 Å². The van der Waals surface area contributed by atoms with Crippen molar-refractivity contribution in [2.24, 2.45) is 0 Å². The monoisotopic (exact) mass is 256 g/mol. The number of ether oxygens (including phenoxy) is 1. The van der Waals surface area contributed by atoms with Gasteiger partial charge < -0.3 is 15.5 Å². The van der Waals surface area contributed by atoms with Crippen LogP contribution in [0.3, 0.4) is 0 Å². The molecule has 3 N–H and O–H groups in total. The van der Waals surface area contributed by atoms with Crippen LogP contribution >= 0.6 is 11.6 Å². The molecule has 4 nitrogen and oxygen atoms in total. The van der Waals surface area contributed by atoms with Crippen LogP contribution in [0.4, 0.5) is 10.2 Å². The van der Waals surface area contributed by atoms with Crippen LogP contribution in [0, 0.1) is 5.82 Å². The number of benzene rings is 1. The second kappa shape index (κ2) is 4.25. The summed E-state index contributed by atoms with van der Waals surface area (Å²) in [7, 11) is 0. The van der Waals surface area contributed by atoms with Crippen molar-refractivity contribution >= 4 is 34.3 Å². The number of rotatable bonds is 2. The Balaban J connectivity index is 2.71. The number of nitrogen functional groups attached to an aromatic ring is 1. The van der Waals surface area contributed by atoms with Gasteiger partial charge in [-0.3, -0.25) is 0 Å². The summed E-state index contributed by atoms with van der Waals surface area (Å²) in [5.41, 5.74) is 6.02. The average Bonchev–Trinajstić information content (AvgIpc) is 2.54. The largest absolute Gasteiger partial charge is 0.462 e. The molecule has 0 fully saturated rings. The van der Waals surface area contributed by atoms with Crippen molar-refractivity contribution in [2.45, 2.75) is 6.92 Å². The third kappa shape index (κ3) is 1.93. The van der Waals surface area contributed by atoms with Crippen molar-refractivity contribution in [2.75, 3.05) is 12.3 Å². The van der Waals surface area contributed by atoms with Gasteiger partial charge in [-0.25, -0.2) is 9.18 Å². The van der Waals surface area contributed by atoms with E-state index in [9.17, 15) is 9.18 Å². The maximum Gasteiger partial charge on any atom is 0.342 e. The number of aromatic nitrogens is 1. The number of esters is 1. The van der Waals surface area contributed by atoms with Crippen LogP contribution in [-0.4, -0.2) is 17.6 Å². The molecule has 2 aromatic rings. The molecule has 1 heterocycles. The van der Waals surface area contributed by atoms with Crippen molar-refractivity contribution < 1.29 is 13.9 Å². The lowest BCUT2D eigenvalue weighted by Gasteiger charge is -2.02. The van der Waals surface area contributed by atoms with Gasteiger partial charge >= 0.3 is 5.97 Å². The van der Waals surface area contributed by atoms with Gasteiger partial charge in [0.25, 0.3) is 0 Å². The standard InChI is InChI=1S/C11H10ClFN2O2/c1-2-17-11(16)9-8-6(13)3-5(12)4-7(8)15-10(9)14/h3-4,15H,2,14H2,1H3. The molecule has 0 aliphatic carbocycles. The van der Waals surface area contributed by atoms with E-state index in [1.165, 1.54) is 6.07 Å². The molecule has 6 heteroatoms. The Labute approximate surface area is 102 Å². The van der Waals surface area contributed by atoms with E-state index >= 15 is 0 Å². The highest BCUT2D eigenvalue weighted by atomic mass is 35.5. The summed E-state index contributed by atoms with van der Waals surface area (Å²) in [5.74, 6) is -1.19. The topological polar surface area (TPSA) is 68.1 Å². The van der Waals surface area contributed by atoms with E-state index in [1.54, 1.807) is 6.92 Å². The Morgan fingerprint density at radius 1 is 1.59 bits per heavy atom. The minimum atomic E-state index is -0.655. The first-order chi connectivity index (χ1) is 8.04. The predicted molar refractivity (Wildman–Crippen MR) is 63.6 cm³/mol. The molecular formula is C11H10ClFN2O2. The first-order valence-corrected chi connectivity index (χ1v) is 5.35. The average molecular weight is 257 g/mol. The van der Waals surface area contributed by atoms with Crippen LogP contribution in [0.1, 0.15) is 17.3 Å². The second-order valence-corrected chi connectivity index (χ2v) is 3.88. The number of carbonyl (C=O) groups excluding carboxylic acids is 1. The van der Waals surface area contributed by atoms with Crippen molar-refractivity contribution in [3.63, 3.8) is 0 Å². The lowest BCUT2D eigenvalue weighted by molar-refractivity contribution is 0.0529. The third-order valence-corrected chi connectivity index (χ3v) is 2.54. The fourth-order valence-electron chi connectivity index (χ4n) is 1.68. The Bertz CT molecular complexity index is 595. The molecule has 0 saturated heterocycles. The van der Waals surface area contributed by atoms with Crippen LogP contribution in [0.5, 0.6) is 0 Å². The van der Waals surface area contributed by atoms with E-state index in [1.807, 2.05) is 0 Å². The van der Waals surface area contributed by atoms with E-state index < -0.39 is 11.8 Å². The Morgan fingerprint density at radius 3 is 2.94 bits per heavy atom. The van der Waals surface area contributed by atoms with Gasteiger partial charge in [0.15, 0.2) is 0 Å². The van der Waals surface area contributed by atoms with E-state index in [2.05, 4.69) is 4.98 Å². The van der Waals surface area contributed by atoms with Gasteiger partial charge in [-0.2, -0.15) is 0 Å². The molecule has 2 rings (SSSR count). The van der Waals surface area contributed by atoms with Gasteiger partial charge in [0.1, 0.15) is 17.2 Å². The van der Waals surface area contributed by atoms with Gasteiger partial charge in [-0.05, 0) is 19.1 Å². The molecule has 0 atom stereocenters. The van der Waals surface area contributed by atoms with Crippen molar-refractivity contribution in [1.82, 2.24) is 4.98 Å². The minimum absolute atomic E-state index is 0.0102. The smallest absolute Gasteiger partial charge is 0.342 e. The number of aromatic amines is 1. The van der Waals surface area contributed by atoms with E-state index in [-0.39, 0.29) is 28.4 Å². The number of nitrogens with two attached hydrogens (primary N) is 1. The zero-order valence-electron chi connectivity index (χ0n) is 9.01. The SMILES string of the molecule is CCOC(=O)c1c(N)[nH]c2cc(Cl)cc(F)c12. The summed E-state index contributed by atoms with van der Waals surface area (Å²) < 4.78 is 18.6. The molecule has 0 aliphatic heterocycles. The lowest BCUT2D eigenvalue weighted by Crippen LogP contribution is -2.07. The zero-order chi connectivity index (χ0) is 12.6. The first kappa shape index (κ1) is 11.7. The molecule has 90 valence electrons. The van der Waals surface area contributed by atoms with Crippen LogP contribution in [0.2, 0.25) is 5.02 Å². The van der Waals surface area contributed by atoms with Crippen molar-refractivity contribution in [1.29, 1.82) is 0 Å². The number of nitrogens with one attached hydrogen (secondary N) is 1. The Kier molecular flexibility index (Phi) is 2.93. The third-order valence-electron chi connectivity index (χ3n) is 2.32. The highest BCUT2D eigenvalue weighted by molar-refractivity contribution is 6.31. The predicted octanol–water partition coefficient (Wildman–Crippen LogP) is 2.72. The quantitative estimate of drug-likeness (QED) is 0.812. The Morgan fingerprint density at radius 2 is 2.29 bits per heavy atom. The number of halogens is 2. The molecule has 1 aromatic carbocycles. The number of anilines is 1. The van der Waals surface area contributed by atoms with Gasteiger partial charge in [0.2, 0.25) is 0 Å². The van der Waals surface area contributed by atoms with Crippen molar-refractivity contribution in [3.8, 4) is 0 Å². The molecule has 0 spiro atoms. The van der Waals surface area contributed by atoms with Gasteiger partial charge in [0.05, 0.1) is 17.5 Å². The van der Waals surface area contributed by atoms with Crippen LogP contribution in [0.25, 0.3) is 10.9 Å². The fraction of sp³-hybridized carbons (Fsp3) is 0.182. The summed E-state index contributed by atoms with van der Waals surface area (Å²) in [6, 6.07) is 2.62. The lowest BCUT2D eigenvalue weighted by atomic mass is 10.1. The molecule has 1 aromatic heterocycles. The van der Waals surface area contributed by atoms with E-state index in [4.69, 9.17) is 22.1 Å². The summed E-state index contributed by atoms with van der Waals surface area (Å²) in [6.07, 6.45) is 0. The molecular weight excluding hydrogens is 247 g/mol. The molecule has 0 aliphatic rings. The van der Waals surface area contributed by atoms with Crippen LogP contribution in [-0.2, 0) is 4.74 Å². The number of H-pyrrole nitrogens is 1.